The van der Waals surface area contributed by atoms with Gasteiger partial charge in [0, 0.05) is 10.2 Å². The highest BCUT2D eigenvalue weighted by atomic mass is 79.9. The molecule has 1 aliphatic carbocycles. The molecule has 0 saturated heterocycles. The molecule has 2 nitrogen and oxygen atoms in total. The molecule has 0 heterocycles. The van der Waals surface area contributed by atoms with Crippen molar-refractivity contribution >= 4 is 33.2 Å². The third-order valence-corrected chi connectivity index (χ3v) is 4.22. The molecule has 1 N–H and O–H groups in total. The summed E-state index contributed by atoms with van der Waals surface area (Å²) in [5, 5.41) is 13.0. The van der Waals surface area contributed by atoms with Gasteiger partial charge in [-0.15, -0.1) is 0 Å². The molecule has 84 valence electrons. The van der Waals surface area contributed by atoms with Crippen molar-refractivity contribution in [2.24, 2.45) is 5.92 Å². The van der Waals surface area contributed by atoms with Crippen LogP contribution in [0.3, 0.4) is 0 Å². The smallest absolute Gasteiger partial charge is 0.117 e. The fourth-order valence-electron chi connectivity index (χ4n) is 1.79. The number of nitrogens with one attached hydrogen (secondary N) is 1. The lowest BCUT2D eigenvalue weighted by Crippen LogP contribution is -2.32. The second-order valence-electron chi connectivity index (χ2n) is 4.07. The monoisotopic (exact) mass is 298 g/mol. The van der Waals surface area contributed by atoms with Crippen LogP contribution in [0.15, 0.2) is 22.7 Å². The maximum atomic E-state index is 9.10. The summed E-state index contributed by atoms with van der Waals surface area (Å²) < 4.78 is 0.851. The molecule has 16 heavy (non-hydrogen) atoms. The lowest BCUT2D eigenvalue weighted by molar-refractivity contribution is 0.303. The third kappa shape index (κ3) is 2.50. The second-order valence-corrected chi connectivity index (χ2v) is 5.33. The molecule has 0 radical (unpaired) electrons. The molecule has 0 amide bonds. The summed E-state index contributed by atoms with van der Waals surface area (Å²) in [6, 6.07) is 7.88. The first-order valence-corrected chi connectivity index (χ1v) is 6.49. The number of hydrogen-bond donors (Lipinski definition) is 1. The van der Waals surface area contributed by atoms with Crippen molar-refractivity contribution < 1.29 is 0 Å². The van der Waals surface area contributed by atoms with Crippen molar-refractivity contribution in [3.63, 3.8) is 0 Å². The molecular formula is C12H12BrClN2. The first-order chi connectivity index (χ1) is 7.70. The van der Waals surface area contributed by atoms with E-state index < -0.39 is 0 Å². The van der Waals surface area contributed by atoms with E-state index in [1.807, 2.05) is 18.2 Å². The van der Waals surface area contributed by atoms with Crippen LogP contribution in [0.4, 0.5) is 5.69 Å². The Morgan fingerprint density at radius 3 is 2.75 bits per heavy atom. The fraction of sp³-hybridized carbons (Fsp3) is 0.417. The molecule has 1 aromatic carbocycles. The van der Waals surface area contributed by atoms with E-state index in [0.29, 0.717) is 10.9 Å². The number of hydrogen-bond acceptors (Lipinski definition) is 2. The molecular weight excluding hydrogens is 288 g/mol. The zero-order chi connectivity index (χ0) is 11.5. The van der Waals surface area contributed by atoms with Gasteiger partial charge < -0.3 is 5.32 Å². The summed E-state index contributed by atoms with van der Waals surface area (Å²) in [5.41, 5.74) is 0.940. The van der Waals surface area contributed by atoms with E-state index in [1.165, 1.54) is 6.42 Å². The van der Waals surface area contributed by atoms with E-state index >= 15 is 0 Å². The summed E-state index contributed by atoms with van der Waals surface area (Å²) in [7, 11) is 0. The number of rotatable bonds is 3. The van der Waals surface area contributed by atoms with E-state index in [2.05, 4.69) is 27.3 Å². The van der Waals surface area contributed by atoms with Crippen LogP contribution < -0.4 is 5.32 Å². The molecule has 4 heteroatoms. The lowest BCUT2D eigenvalue weighted by atomic mass is 9.80. The van der Waals surface area contributed by atoms with Gasteiger partial charge in [0.25, 0.3) is 0 Å². The summed E-state index contributed by atoms with van der Waals surface area (Å²) in [5.74, 6) is 0.499. The van der Waals surface area contributed by atoms with Gasteiger partial charge in [-0.3, -0.25) is 0 Å². The van der Waals surface area contributed by atoms with Crippen LogP contribution in [0, 0.1) is 17.2 Å². The molecule has 1 aliphatic rings. The van der Waals surface area contributed by atoms with Gasteiger partial charge in [-0.2, -0.15) is 5.26 Å². The molecule has 2 rings (SSSR count). The topological polar surface area (TPSA) is 35.8 Å². The van der Waals surface area contributed by atoms with Crippen LogP contribution >= 0.6 is 27.5 Å². The largest absolute Gasteiger partial charge is 0.370 e. The zero-order valence-electron chi connectivity index (χ0n) is 8.71. The molecule has 0 bridgehead atoms. The Kier molecular flexibility index (Phi) is 3.73. The Morgan fingerprint density at radius 1 is 1.50 bits per heavy atom. The van der Waals surface area contributed by atoms with Gasteiger partial charge in [-0.1, -0.05) is 18.0 Å². The molecule has 0 aliphatic heterocycles. The fourth-order valence-corrected chi connectivity index (χ4v) is 2.29. The summed E-state index contributed by atoms with van der Waals surface area (Å²) in [6.45, 7) is 0. The van der Waals surface area contributed by atoms with Gasteiger partial charge >= 0.3 is 0 Å². The minimum Gasteiger partial charge on any atom is -0.370 e. The summed E-state index contributed by atoms with van der Waals surface area (Å²) >= 11 is 9.28. The van der Waals surface area contributed by atoms with Crippen LogP contribution in [0.1, 0.15) is 19.3 Å². The van der Waals surface area contributed by atoms with Gasteiger partial charge in [0.2, 0.25) is 0 Å². The van der Waals surface area contributed by atoms with Crippen LogP contribution in [-0.4, -0.2) is 6.04 Å². The molecule has 0 spiro atoms. The average Bonchev–Trinajstić information content (AvgIpc) is 2.20. The molecule has 1 aromatic rings. The highest BCUT2D eigenvalue weighted by Gasteiger charge is 2.27. The average molecular weight is 300 g/mol. The van der Waals surface area contributed by atoms with Crippen molar-refractivity contribution in [3.8, 4) is 6.07 Å². The van der Waals surface area contributed by atoms with E-state index in [9.17, 15) is 0 Å². The lowest BCUT2D eigenvalue weighted by Gasteiger charge is -2.30. The van der Waals surface area contributed by atoms with E-state index in [0.717, 1.165) is 23.0 Å². The molecule has 1 unspecified atom stereocenters. The SMILES string of the molecule is N#CC(Nc1ccc(Cl)c(Br)c1)C1CCC1. The number of halogens is 2. The van der Waals surface area contributed by atoms with Crippen molar-refractivity contribution in [1.29, 1.82) is 5.26 Å². The molecule has 1 atom stereocenters. The Balaban J connectivity index is 2.07. The minimum atomic E-state index is -0.0816. The Labute approximate surface area is 109 Å². The predicted octanol–water partition coefficient (Wildman–Crippen LogP) is 4.21. The maximum absolute atomic E-state index is 9.10. The highest BCUT2D eigenvalue weighted by molar-refractivity contribution is 9.10. The normalized spacial score (nSPS) is 17.3. The zero-order valence-corrected chi connectivity index (χ0v) is 11.1. The van der Waals surface area contributed by atoms with Crippen LogP contribution in [0.5, 0.6) is 0 Å². The Morgan fingerprint density at radius 2 is 2.25 bits per heavy atom. The van der Waals surface area contributed by atoms with Crippen molar-refractivity contribution in [1.82, 2.24) is 0 Å². The van der Waals surface area contributed by atoms with Gasteiger partial charge in [0.15, 0.2) is 0 Å². The van der Waals surface area contributed by atoms with Gasteiger partial charge in [0.05, 0.1) is 11.1 Å². The number of nitriles is 1. The maximum Gasteiger partial charge on any atom is 0.117 e. The Hall–Kier alpha value is -0.720. The minimum absolute atomic E-state index is 0.0816. The summed E-state index contributed by atoms with van der Waals surface area (Å²) in [6.07, 6.45) is 3.55. The quantitative estimate of drug-likeness (QED) is 0.907. The van der Waals surface area contributed by atoms with Crippen LogP contribution in [0.2, 0.25) is 5.02 Å². The molecule has 1 fully saturated rings. The van der Waals surface area contributed by atoms with Crippen molar-refractivity contribution in [2.45, 2.75) is 25.3 Å². The molecule has 1 saturated carbocycles. The molecule has 0 aromatic heterocycles. The number of nitrogens with zero attached hydrogens (tertiary/aromatic N) is 1. The summed E-state index contributed by atoms with van der Waals surface area (Å²) in [4.78, 5) is 0. The van der Waals surface area contributed by atoms with Gasteiger partial charge in [-0.25, -0.2) is 0 Å². The second kappa shape index (κ2) is 5.07. The van der Waals surface area contributed by atoms with E-state index in [4.69, 9.17) is 16.9 Å². The van der Waals surface area contributed by atoms with Crippen LogP contribution in [-0.2, 0) is 0 Å². The van der Waals surface area contributed by atoms with Crippen molar-refractivity contribution in [2.75, 3.05) is 5.32 Å². The van der Waals surface area contributed by atoms with E-state index in [1.54, 1.807) is 0 Å². The first-order valence-electron chi connectivity index (χ1n) is 5.32. The first kappa shape index (κ1) is 11.8. The van der Waals surface area contributed by atoms with Gasteiger partial charge in [0.1, 0.15) is 6.04 Å². The Bertz CT molecular complexity index is 424. The van der Waals surface area contributed by atoms with Crippen molar-refractivity contribution in [3.05, 3.63) is 27.7 Å². The number of benzene rings is 1. The van der Waals surface area contributed by atoms with E-state index in [-0.39, 0.29) is 6.04 Å². The predicted molar refractivity (Wildman–Crippen MR) is 69.5 cm³/mol. The standard InChI is InChI=1S/C12H12BrClN2/c13-10-6-9(4-5-11(10)14)16-12(7-15)8-2-1-3-8/h4-6,8,12,16H,1-3H2. The highest BCUT2D eigenvalue weighted by Crippen LogP contribution is 2.32. The van der Waals surface area contributed by atoms with Crippen LogP contribution in [0.25, 0.3) is 0 Å². The number of anilines is 1. The third-order valence-electron chi connectivity index (χ3n) is 3.00. The van der Waals surface area contributed by atoms with Gasteiger partial charge in [-0.05, 0) is 52.9 Å².